The summed E-state index contributed by atoms with van der Waals surface area (Å²) in [7, 11) is 1.99. The fraction of sp³-hybridized carbons (Fsp3) is 0.471. The van der Waals surface area contributed by atoms with Crippen LogP contribution in [0.1, 0.15) is 17.8 Å². The number of imidazole rings is 1. The second-order valence-corrected chi connectivity index (χ2v) is 6.14. The minimum atomic E-state index is -0.319. The summed E-state index contributed by atoms with van der Waals surface area (Å²) < 4.78 is 15.3. The Kier molecular flexibility index (Phi) is 4.55. The van der Waals surface area contributed by atoms with E-state index in [1.807, 2.05) is 23.9 Å². The average molecular weight is 303 g/mol. The number of aliphatic hydroxyl groups is 1. The predicted octanol–water partition coefficient (Wildman–Crippen LogP) is 1.98. The summed E-state index contributed by atoms with van der Waals surface area (Å²) in [5, 5.41) is 10.3. The van der Waals surface area contributed by atoms with Gasteiger partial charge in [0, 0.05) is 38.4 Å². The molecule has 0 saturated carbocycles. The first-order valence-corrected chi connectivity index (χ1v) is 7.73. The van der Waals surface area contributed by atoms with Crippen LogP contribution in [0.2, 0.25) is 0 Å². The standard InChI is InChI=1S/C17H22FN3O/c1-20-8-6-19-17(20)12-21-7-5-16(22)14(11-21)9-13-3-2-4-15(18)10-13/h2-4,6,8,10,14,16,22H,5,7,9,11-12H2,1H3/t14-,16-/m1/s1. The lowest BCUT2D eigenvalue weighted by Crippen LogP contribution is -2.43. The number of aromatic nitrogens is 2. The summed E-state index contributed by atoms with van der Waals surface area (Å²) >= 11 is 0. The predicted molar refractivity (Wildman–Crippen MR) is 82.7 cm³/mol. The quantitative estimate of drug-likeness (QED) is 0.939. The molecule has 0 amide bonds. The highest BCUT2D eigenvalue weighted by molar-refractivity contribution is 5.17. The van der Waals surface area contributed by atoms with E-state index in [0.717, 1.165) is 37.4 Å². The number of hydrogen-bond donors (Lipinski definition) is 1. The number of rotatable bonds is 4. The Morgan fingerprint density at radius 2 is 2.27 bits per heavy atom. The van der Waals surface area contributed by atoms with Crippen LogP contribution in [0.4, 0.5) is 4.39 Å². The highest BCUT2D eigenvalue weighted by Gasteiger charge is 2.28. The molecule has 1 aliphatic heterocycles. The van der Waals surface area contributed by atoms with Crippen LogP contribution in [0.15, 0.2) is 36.7 Å². The minimum absolute atomic E-state index is 0.135. The lowest BCUT2D eigenvalue weighted by atomic mass is 9.88. The Morgan fingerprint density at radius 3 is 3.00 bits per heavy atom. The molecule has 1 saturated heterocycles. The zero-order valence-corrected chi connectivity index (χ0v) is 12.8. The van der Waals surface area contributed by atoms with Crippen molar-refractivity contribution < 1.29 is 9.50 Å². The topological polar surface area (TPSA) is 41.3 Å². The molecule has 0 aliphatic carbocycles. The Morgan fingerprint density at radius 1 is 1.41 bits per heavy atom. The Hall–Kier alpha value is -1.72. The van der Waals surface area contributed by atoms with E-state index in [4.69, 9.17) is 0 Å². The molecule has 1 aromatic heterocycles. The summed E-state index contributed by atoms with van der Waals surface area (Å²) in [5.74, 6) is 0.948. The lowest BCUT2D eigenvalue weighted by molar-refractivity contribution is 0.0227. The van der Waals surface area contributed by atoms with Gasteiger partial charge in [0.25, 0.3) is 0 Å². The third-order valence-electron chi connectivity index (χ3n) is 4.45. The van der Waals surface area contributed by atoms with Crippen molar-refractivity contribution in [2.24, 2.45) is 13.0 Å². The van der Waals surface area contributed by atoms with E-state index >= 15 is 0 Å². The van der Waals surface area contributed by atoms with Gasteiger partial charge in [0.1, 0.15) is 11.6 Å². The SMILES string of the molecule is Cn1ccnc1CN1CC[C@@H](O)[C@H](Cc2cccc(F)c2)C1. The fourth-order valence-corrected chi connectivity index (χ4v) is 3.15. The van der Waals surface area contributed by atoms with Crippen LogP contribution in [-0.2, 0) is 20.0 Å². The van der Waals surface area contributed by atoms with Crippen LogP contribution in [0.25, 0.3) is 0 Å². The van der Waals surface area contributed by atoms with E-state index in [1.54, 1.807) is 18.3 Å². The Bertz CT molecular complexity index is 628. The van der Waals surface area contributed by atoms with Crippen molar-refractivity contribution in [3.63, 3.8) is 0 Å². The van der Waals surface area contributed by atoms with Crippen LogP contribution in [0, 0.1) is 11.7 Å². The molecule has 0 radical (unpaired) electrons. The molecule has 1 aliphatic rings. The molecule has 118 valence electrons. The van der Waals surface area contributed by atoms with E-state index in [9.17, 15) is 9.50 Å². The van der Waals surface area contributed by atoms with Crippen LogP contribution in [-0.4, -0.2) is 38.8 Å². The highest BCUT2D eigenvalue weighted by atomic mass is 19.1. The molecule has 0 unspecified atom stereocenters. The maximum atomic E-state index is 13.3. The van der Waals surface area contributed by atoms with Gasteiger partial charge in [0.15, 0.2) is 0 Å². The van der Waals surface area contributed by atoms with E-state index < -0.39 is 0 Å². The Labute approximate surface area is 130 Å². The maximum absolute atomic E-state index is 13.3. The first-order chi connectivity index (χ1) is 10.6. The Balaban J connectivity index is 1.64. The van der Waals surface area contributed by atoms with Crippen molar-refractivity contribution in [1.29, 1.82) is 0 Å². The summed E-state index contributed by atoms with van der Waals surface area (Å²) in [4.78, 5) is 6.68. The minimum Gasteiger partial charge on any atom is -0.393 e. The monoisotopic (exact) mass is 303 g/mol. The number of benzene rings is 1. The van der Waals surface area contributed by atoms with Crippen molar-refractivity contribution in [2.75, 3.05) is 13.1 Å². The summed E-state index contributed by atoms with van der Waals surface area (Å²) in [6, 6.07) is 6.66. The van der Waals surface area contributed by atoms with Crippen LogP contribution >= 0.6 is 0 Å². The largest absolute Gasteiger partial charge is 0.393 e. The molecule has 0 bridgehead atoms. The molecule has 2 heterocycles. The number of nitrogens with zero attached hydrogens (tertiary/aromatic N) is 3. The number of hydrogen-bond acceptors (Lipinski definition) is 3. The third kappa shape index (κ3) is 3.54. The molecule has 1 fully saturated rings. The molecule has 1 aromatic carbocycles. The first-order valence-electron chi connectivity index (χ1n) is 7.73. The molecular formula is C17H22FN3O. The molecule has 4 nitrogen and oxygen atoms in total. The van der Waals surface area contributed by atoms with E-state index in [2.05, 4.69) is 9.88 Å². The second-order valence-electron chi connectivity index (χ2n) is 6.14. The number of aryl methyl sites for hydroxylation is 1. The zero-order valence-electron chi connectivity index (χ0n) is 12.8. The molecule has 5 heteroatoms. The number of aliphatic hydroxyl groups excluding tert-OH is 1. The molecular weight excluding hydrogens is 281 g/mol. The van der Waals surface area contributed by atoms with Crippen molar-refractivity contribution >= 4 is 0 Å². The van der Waals surface area contributed by atoms with E-state index in [-0.39, 0.29) is 17.8 Å². The van der Waals surface area contributed by atoms with Gasteiger partial charge < -0.3 is 9.67 Å². The summed E-state index contributed by atoms with van der Waals surface area (Å²) in [5.41, 5.74) is 0.947. The number of halogens is 1. The van der Waals surface area contributed by atoms with Gasteiger partial charge in [-0.25, -0.2) is 9.37 Å². The van der Waals surface area contributed by atoms with Crippen molar-refractivity contribution in [3.05, 3.63) is 53.9 Å². The summed E-state index contributed by atoms with van der Waals surface area (Å²) in [6.45, 7) is 2.47. The zero-order chi connectivity index (χ0) is 15.5. The van der Waals surface area contributed by atoms with Gasteiger partial charge in [-0.1, -0.05) is 12.1 Å². The smallest absolute Gasteiger partial charge is 0.123 e. The van der Waals surface area contributed by atoms with Crippen molar-refractivity contribution in [1.82, 2.24) is 14.5 Å². The highest BCUT2D eigenvalue weighted by Crippen LogP contribution is 2.23. The fourth-order valence-electron chi connectivity index (χ4n) is 3.15. The molecule has 3 rings (SSSR count). The molecule has 1 N–H and O–H groups in total. The van der Waals surface area contributed by atoms with Gasteiger partial charge in [-0.3, -0.25) is 4.90 Å². The van der Waals surface area contributed by atoms with E-state index in [1.165, 1.54) is 6.07 Å². The first kappa shape index (κ1) is 15.2. The average Bonchev–Trinajstić information content (AvgIpc) is 2.88. The van der Waals surface area contributed by atoms with Crippen LogP contribution in [0.5, 0.6) is 0 Å². The third-order valence-corrected chi connectivity index (χ3v) is 4.45. The normalized spacial score (nSPS) is 22.9. The molecule has 2 atom stereocenters. The van der Waals surface area contributed by atoms with Crippen molar-refractivity contribution in [3.8, 4) is 0 Å². The molecule has 2 aromatic rings. The number of likely N-dealkylation sites (tertiary alicyclic amines) is 1. The van der Waals surface area contributed by atoms with Gasteiger partial charge in [-0.05, 0) is 30.5 Å². The van der Waals surface area contributed by atoms with Gasteiger partial charge in [0.2, 0.25) is 0 Å². The van der Waals surface area contributed by atoms with Gasteiger partial charge in [0.05, 0.1) is 12.6 Å². The van der Waals surface area contributed by atoms with Gasteiger partial charge in [-0.2, -0.15) is 0 Å². The van der Waals surface area contributed by atoms with Crippen LogP contribution in [0.3, 0.4) is 0 Å². The van der Waals surface area contributed by atoms with Gasteiger partial charge in [-0.15, -0.1) is 0 Å². The lowest BCUT2D eigenvalue weighted by Gasteiger charge is -2.36. The maximum Gasteiger partial charge on any atom is 0.123 e. The summed E-state index contributed by atoms with van der Waals surface area (Å²) in [6.07, 6.45) is 4.89. The molecule has 0 spiro atoms. The number of piperidine rings is 1. The van der Waals surface area contributed by atoms with Crippen molar-refractivity contribution in [2.45, 2.75) is 25.5 Å². The molecule has 22 heavy (non-hydrogen) atoms. The second kappa shape index (κ2) is 6.58. The van der Waals surface area contributed by atoms with Crippen LogP contribution < -0.4 is 0 Å². The van der Waals surface area contributed by atoms with E-state index in [0.29, 0.717) is 6.42 Å². The van der Waals surface area contributed by atoms with Gasteiger partial charge >= 0.3 is 0 Å².